The summed E-state index contributed by atoms with van der Waals surface area (Å²) in [6.07, 6.45) is 5.30. The predicted octanol–water partition coefficient (Wildman–Crippen LogP) is 2.91. The Hall–Kier alpha value is -1.97. The second-order valence-electron chi connectivity index (χ2n) is 4.17. The average molecular weight is 231 g/mol. The zero-order chi connectivity index (χ0) is 12.3. The van der Waals surface area contributed by atoms with Crippen LogP contribution >= 0.6 is 0 Å². The third-order valence-corrected chi connectivity index (χ3v) is 2.62. The SMILES string of the molecule is CC(Nc1cnccc1N(C)C)c1ccco1. The second-order valence-corrected chi connectivity index (χ2v) is 4.17. The van der Waals surface area contributed by atoms with Gasteiger partial charge in [0.1, 0.15) is 5.76 Å². The molecule has 0 saturated carbocycles. The smallest absolute Gasteiger partial charge is 0.125 e. The van der Waals surface area contributed by atoms with E-state index in [-0.39, 0.29) is 6.04 Å². The summed E-state index contributed by atoms with van der Waals surface area (Å²) in [5, 5.41) is 3.40. The van der Waals surface area contributed by atoms with Crippen molar-refractivity contribution in [2.75, 3.05) is 24.3 Å². The Bertz CT molecular complexity index is 465. The van der Waals surface area contributed by atoms with E-state index >= 15 is 0 Å². The molecule has 2 aromatic rings. The Kier molecular flexibility index (Phi) is 3.32. The van der Waals surface area contributed by atoms with E-state index in [1.54, 1.807) is 12.5 Å². The van der Waals surface area contributed by atoms with E-state index < -0.39 is 0 Å². The van der Waals surface area contributed by atoms with Crippen LogP contribution in [0.2, 0.25) is 0 Å². The molecule has 0 aliphatic carbocycles. The third-order valence-electron chi connectivity index (χ3n) is 2.62. The molecular formula is C13H17N3O. The first-order chi connectivity index (χ1) is 8.18. The molecule has 0 spiro atoms. The normalized spacial score (nSPS) is 12.2. The first kappa shape index (κ1) is 11.5. The molecule has 4 heteroatoms. The van der Waals surface area contributed by atoms with Crippen LogP contribution in [0, 0.1) is 0 Å². The molecular weight excluding hydrogens is 214 g/mol. The summed E-state index contributed by atoms with van der Waals surface area (Å²) in [5.74, 6) is 0.915. The Balaban J connectivity index is 2.18. The molecule has 2 aromatic heterocycles. The van der Waals surface area contributed by atoms with Gasteiger partial charge in [-0.1, -0.05) is 0 Å². The maximum Gasteiger partial charge on any atom is 0.125 e. The molecule has 2 heterocycles. The van der Waals surface area contributed by atoms with Crippen molar-refractivity contribution in [1.29, 1.82) is 0 Å². The predicted molar refractivity (Wildman–Crippen MR) is 69.3 cm³/mol. The second kappa shape index (κ2) is 4.91. The monoisotopic (exact) mass is 231 g/mol. The van der Waals surface area contributed by atoms with Crippen LogP contribution < -0.4 is 10.2 Å². The fourth-order valence-electron chi connectivity index (χ4n) is 1.73. The van der Waals surface area contributed by atoms with Crippen LogP contribution in [0.25, 0.3) is 0 Å². The quantitative estimate of drug-likeness (QED) is 0.878. The van der Waals surface area contributed by atoms with Crippen LogP contribution in [0.1, 0.15) is 18.7 Å². The highest BCUT2D eigenvalue weighted by Crippen LogP contribution is 2.26. The van der Waals surface area contributed by atoms with Crippen molar-refractivity contribution in [2.45, 2.75) is 13.0 Å². The van der Waals surface area contributed by atoms with Crippen LogP contribution in [0.5, 0.6) is 0 Å². The maximum absolute atomic E-state index is 5.37. The van der Waals surface area contributed by atoms with Gasteiger partial charge in [-0.3, -0.25) is 4.98 Å². The van der Waals surface area contributed by atoms with Gasteiger partial charge in [-0.15, -0.1) is 0 Å². The van der Waals surface area contributed by atoms with E-state index in [9.17, 15) is 0 Å². The summed E-state index contributed by atoms with van der Waals surface area (Å²) in [4.78, 5) is 6.20. The number of nitrogens with zero attached hydrogens (tertiary/aromatic N) is 2. The lowest BCUT2D eigenvalue weighted by atomic mass is 10.2. The van der Waals surface area contributed by atoms with Crippen molar-refractivity contribution in [1.82, 2.24) is 4.98 Å². The third kappa shape index (κ3) is 2.58. The van der Waals surface area contributed by atoms with E-state index in [1.807, 2.05) is 38.5 Å². The highest BCUT2D eigenvalue weighted by Gasteiger charge is 2.11. The molecule has 1 N–H and O–H groups in total. The maximum atomic E-state index is 5.37. The highest BCUT2D eigenvalue weighted by molar-refractivity contribution is 5.68. The lowest BCUT2D eigenvalue weighted by Gasteiger charge is -2.20. The highest BCUT2D eigenvalue weighted by atomic mass is 16.3. The van der Waals surface area contributed by atoms with Gasteiger partial charge in [0.05, 0.1) is 29.9 Å². The number of nitrogens with one attached hydrogen (secondary N) is 1. The van der Waals surface area contributed by atoms with E-state index in [1.165, 1.54) is 0 Å². The van der Waals surface area contributed by atoms with Gasteiger partial charge in [-0.2, -0.15) is 0 Å². The Morgan fingerprint density at radius 2 is 2.18 bits per heavy atom. The molecule has 0 saturated heterocycles. The number of rotatable bonds is 4. The van der Waals surface area contributed by atoms with Crippen molar-refractivity contribution < 1.29 is 4.42 Å². The molecule has 0 fully saturated rings. The zero-order valence-corrected chi connectivity index (χ0v) is 10.3. The molecule has 1 atom stereocenters. The topological polar surface area (TPSA) is 41.3 Å². The lowest BCUT2D eigenvalue weighted by Crippen LogP contribution is -2.14. The minimum atomic E-state index is 0.118. The van der Waals surface area contributed by atoms with Gasteiger partial charge in [0.2, 0.25) is 0 Å². The Morgan fingerprint density at radius 1 is 1.35 bits per heavy atom. The molecule has 0 aliphatic rings. The van der Waals surface area contributed by atoms with Gasteiger partial charge >= 0.3 is 0 Å². The van der Waals surface area contributed by atoms with Crippen molar-refractivity contribution >= 4 is 11.4 Å². The van der Waals surface area contributed by atoms with Gasteiger partial charge in [-0.05, 0) is 25.1 Å². The number of anilines is 2. The first-order valence-corrected chi connectivity index (χ1v) is 5.59. The standard InChI is InChI=1S/C13H17N3O/c1-10(13-5-4-8-17-13)15-11-9-14-7-6-12(11)16(2)3/h4-10,15H,1-3H3. The van der Waals surface area contributed by atoms with Crippen molar-refractivity contribution in [3.63, 3.8) is 0 Å². The van der Waals surface area contributed by atoms with Crippen LogP contribution in [-0.2, 0) is 0 Å². The molecule has 2 rings (SSSR count). The summed E-state index contributed by atoms with van der Waals surface area (Å²) in [6.45, 7) is 2.06. The van der Waals surface area contributed by atoms with E-state index in [4.69, 9.17) is 4.42 Å². The number of hydrogen-bond acceptors (Lipinski definition) is 4. The number of pyridine rings is 1. The minimum Gasteiger partial charge on any atom is -0.467 e. The molecule has 0 aliphatic heterocycles. The number of hydrogen-bond donors (Lipinski definition) is 1. The van der Waals surface area contributed by atoms with Crippen LogP contribution in [0.4, 0.5) is 11.4 Å². The van der Waals surface area contributed by atoms with Gasteiger partial charge in [0, 0.05) is 20.3 Å². The van der Waals surface area contributed by atoms with Gasteiger partial charge < -0.3 is 14.6 Å². The molecule has 1 unspecified atom stereocenters. The molecule has 0 amide bonds. The summed E-state index contributed by atoms with van der Waals surface area (Å²) in [6, 6.07) is 5.96. The summed E-state index contributed by atoms with van der Waals surface area (Å²) in [5.41, 5.74) is 2.11. The fraction of sp³-hybridized carbons (Fsp3) is 0.308. The molecule has 90 valence electrons. The van der Waals surface area contributed by atoms with Gasteiger partial charge in [0.15, 0.2) is 0 Å². The fourth-order valence-corrected chi connectivity index (χ4v) is 1.73. The minimum absolute atomic E-state index is 0.118. The van der Waals surface area contributed by atoms with Crippen molar-refractivity contribution in [3.8, 4) is 0 Å². The number of aromatic nitrogens is 1. The van der Waals surface area contributed by atoms with Crippen LogP contribution in [0.15, 0.2) is 41.3 Å². The summed E-state index contributed by atoms with van der Waals surface area (Å²) >= 11 is 0. The first-order valence-electron chi connectivity index (χ1n) is 5.59. The van der Waals surface area contributed by atoms with Gasteiger partial charge in [0.25, 0.3) is 0 Å². The summed E-state index contributed by atoms with van der Waals surface area (Å²) in [7, 11) is 4.02. The van der Waals surface area contributed by atoms with Crippen molar-refractivity contribution in [3.05, 3.63) is 42.6 Å². The summed E-state index contributed by atoms with van der Waals surface area (Å²) < 4.78 is 5.37. The Morgan fingerprint density at radius 3 is 2.82 bits per heavy atom. The average Bonchev–Trinajstić information content (AvgIpc) is 2.83. The molecule has 0 bridgehead atoms. The lowest BCUT2D eigenvalue weighted by molar-refractivity contribution is 0.490. The number of furan rings is 1. The van der Waals surface area contributed by atoms with E-state index in [0.717, 1.165) is 17.1 Å². The van der Waals surface area contributed by atoms with E-state index in [2.05, 4.69) is 22.1 Å². The largest absolute Gasteiger partial charge is 0.467 e. The molecule has 0 radical (unpaired) electrons. The molecule has 17 heavy (non-hydrogen) atoms. The van der Waals surface area contributed by atoms with Crippen molar-refractivity contribution in [2.24, 2.45) is 0 Å². The van der Waals surface area contributed by atoms with E-state index in [0.29, 0.717) is 0 Å². The molecule has 0 aromatic carbocycles. The Labute approximate surface area is 101 Å². The van der Waals surface area contributed by atoms with Crippen LogP contribution in [0.3, 0.4) is 0 Å². The zero-order valence-electron chi connectivity index (χ0n) is 10.3. The molecule has 4 nitrogen and oxygen atoms in total. The van der Waals surface area contributed by atoms with Gasteiger partial charge in [-0.25, -0.2) is 0 Å². The van der Waals surface area contributed by atoms with Crippen LogP contribution in [-0.4, -0.2) is 19.1 Å².